The lowest BCUT2D eigenvalue weighted by molar-refractivity contribution is -0.143. The minimum atomic E-state index is -0.995. The van der Waals surface area contributed by atoms with Gasteiger partial charge >= 0.3 is 5.97 Å². The fourth-order valence-corrected chi connectivity index (χ4v) is 2.57. The number of hydrogen-bond donors (Lipinski definition) is 2. The third-order valence-electron chi connectivity index (χ3n) is 3.93. The van der Waals surface area contributed by atoms with Crippen LogP contribution in [0.2, 0.25) is 0 Å². The normalized spacial score (nSPS) is 31.9. The van der Waals surface area contributed by atoms with Gasteiger partial charge in [-0.2, -0.15) is 0 Å². The number of carboxylic acid groups (broad SMARTS) is 1. The molecular weight excluding hydrogens is 204 g/mol. The van der Waals surface area contributed by atoms with Crippen LogP contribution in [0.5, 0.6) is 0 Å². The van der Waals surface area contributed by atoms with Gasteiger partial charge in [0.15, 0.2) is 0 Å². The topological polar surface area (TPSA) is 66.6 Å². The highest BCUT2D eigenvalue weighted by Gasteiger charge is 2.43. The van der Waals surface area contributed by atoms with Gasteiger partial charge in [-0.1, -0.05) is 13.3 Å². The molecule has 4 nitrogen and oxygen atoms in total. The first-order valence-electron chi connectivity index (χ1n) is 6.15. The predicted octanol–water partition coefficient (Wildman–Crippen LogP) is 1.44. The van der Waals surface area contributed by atoms with Crippen LogP contribution in [0.1, 0.15) is 46.0 Å². The Balaban J connectivity index is 2.55. The molecule has 16 heavy (non-hydrogen) atoms. The van der Waals surface area contributed by atoms with Crippen molar-refractivity contribution in [2.75, 3.05) is 7.05 Å². The van der Waals surface area contributed by atoms with Gasteiger partial charge in [0, 0.05) is 12.1 Å². The largest absolute Gasteiger partial charge is 0.480 e. The Morgan fingerprint density at radius 2 is 2.31 bits per heavy atom. The molecule has 0 heterocycles. The summed E-state index contributed by atoms with van der Waals surface area (Å²) in [6.07, 6.45) is 4.37. The number of rotatable bonds is 5. The highest BCUT2D eigenvalue weighted by molar-refractivity contribution is 5.79. The Bertz CT molecular complexity index is 257. The molecule has 0 amide bonds. The number of carbonyl (C=O) groups is 1. The molecule has 3 atom stereocenters. The van der Waals surface area contributed by atoms with E-state index in [9.17, 15) is 4.79 Å². The maximum Gasteiger partial charge on any atom is 0.323 e. The van der Waals surface area contributed by atoms with Gasteiger partial charge in [-0.15, -0.1) is 0 Å². The van der Waals surface area contributed by atoms with Gasteiger partial charge in [-0.05, 0) is 39.7 Å². The van der Waals surface area contributed by atoms with Crippen LogP contribution in [0.25, 0.3) is 0 Å². The summed E-state index contributed by atoms with van der Waals surface area (Å²) in [5.74, 6) is -0.855. The zero-order valence-corrected chi connectivity index (χ0v) is 10.6. The Morgan fingerprint density at radius 3 is 2.75 bits per heavy atom. The predicted molar refractivity (Wildman–Crippen MR) is 64.3 cm³/mol. The molecular formula is C12H24N2O2. The first kappa shape index (κ1) is 13.5. The molecule has 0 saturated heterocycles. The molecule has 1 aliphatic rings. The summed E-state index contributed by atoms with van der Waals surface area (Å²) in [6.45, 7) is 4.37. The van der Waals surface area contributed by atoms with Gasteiger partial charge in [0.25, 0.3) is 0 Å². The van der Waals surface area contributed by atoms with E-state index in [1.54, 1.807) is 0 Å². The van der Waals surface area contributed by atoms with Crippen LogP contribution in [-0.4, -0.2) is 40.6 Å². The van der Waals surface area contributed by atoms with Crippen molar-refractivity contribution >= 4 is 5.97 Å². The van der Waals surface area contributed by atoms with Gasteiger partial charge in [-0.3, -0.25) is 4.79 Å². The smallest absolute Gasteiger partial charge is 0.323 e. The van der Waals surface area contributed by atoms with Crippen molar-refractivity contribution in [3.05, 3.63) is 0 Å². The van der Waals surface area contributed by atoms with Crippen molar-refractivity contribution < 1.29 is 9.90 Å². The summed E-state index contributed by atoms with van der Waals surface area (Å²) < 4.78 is 0. The average molecular weight is 228 g/mol. The number of carboxylic acids is 1. The third kappa shape index (κ3) is 2.74. The average Bonchev–Trinajstić information content (AvgIpc) is 2.61. The second-order valence-electron chi connectivity index (χ2n) is 5.16. The van der Waals surface area contributed by atoms with E-state index in [1.165, 1.54) is 0 Å². The highest BCUT2D eigenvalue weighted by atomic mass is 16.4. The molecule has 1 saturated carbocycles. The molecule has 94 valence electrons. The minimum absolute atomic E-state index is 0.322. The van der Waals surface area contributed by atoms with E-state index in [0.29, 0.717) is 24.9 Å². The standard InChI is InChI=1S/C12H24N2O2/c1-4-5-9(2)14(3)10-6-7-12(13,8-10)11(15)16/h9-10H,4-8,13H2,1-3H3,(H,15,16). The molecule has 0 bridgehead atoms. The van der Waals surface area contributed by atoms with Crippen LogP contribution in [-0.2, 0) is 4.79 Å². The summed E-state index contributed by atoms with van der Waals surface area (Å²) >= 11 is 0. The second-order valence-corrected chi connectivity index (χ2v) is 5.16. The molecule has 3 unspecified atom stereocenters. The first-order chi connectivity index (χ1) is 7.40. The minimum Gasteiger partial charge on any atom is -0.480 e. The molecule has 4 heteroatoms. The van der Waals surface area contributed by atoms with Crippen molar-refractivity contribution in [3.8, 4) is 0 Å². The molecule has 0 aliphatic heterocycles. The molecule has 1 rings (SSSR count). The lowest BCUT2D eigenvalue weighted by Gasteiger charge is -2.31. The fourth-order valence-electron chi connectivity index (χ4n) is 2.57. The van der Waals surface area contributed by atoms with Gasteiger partial charge in [-0.25, -0.2) is 0 Å². The van der Waals surface area contributed by atoms with Crippen LogP contribution >= 0.6 is 0 Å². The van der Waals surface area contributed by atoms with Crippen molar-refractivity contribution in [1.29, 1.82) is 0 Å². The molecule has 3 N–H and O–H groups in total. The SMILES string of the molecule is CCCC(C)N(C)C1CCC(N)(C(=O)O)C1. The second kappa shape index (κ2) is 5.15. The summed E-state index contributed by atoms with van der Waals surface area (Å²) in [6, 6.07) is 0.828. The first-order valence-corrected chi connectivity index (χ1v) is 6.15. The molecule has 0 radical (unpaired) electrons. The van der Waals surface area contributed by atoms with Crippen LogP contribution in [0.4, 0.5) is 0 Å². The van der Waals surface area contributed by atoms with E-state index in [0.717, 1.165) is 19.3 Å². The number of aliphatic carboxylic acids is 1. The molecule has 1 fully saturated rings. The van der Waals surface area contributed by atoms with E-state index >= 15 is 0 Å². The van der Waals surface area contributed by atoms with Crippen molar-refractivity contribution in [1.82, 2.24) is 4.90 Å². The molecule has 0 spiro atoms. The van der Waals surface area contributed by atoms with Crippen molar-refractivity contribution in [3.63, 3.8) is 0 Å². The maximum absolute atomic E-state index is 11.0. The van der Waals surface area contributed by atoms with Crippen molar-refractivity contribution in [2.24, 2.45) is 5.73 Å². The van der Waals surface area contributed by atoms with E-state index in [2.05, 4.69) is 25.8 Å². The monoisotopic (exact) mass is 228 g/mol. The maximum atomic E-state index is 11.0. The Labute approximate surface area is 97.8 Å². The summed E-state index contributed by atoms with van der Waals surface area (Å²) in [5.41, 5.74) is 4.88. The van der Waals surface area contributed by atoms with Crippen LogP contribution < -0.4 is 5.73 Å². The van der Waals surface area contributed by atoms with E-state index in [-0.39, 0.29) is 0 Å². The molecule has 0 aromatic carbocycles. The van der Waals surface area contributed by atoms with Crippen LogP contribution in [0.15, 0.2) is 0 Å². The zero-order valence-electron chi connectivity index (χ0n) is 10.6. The Hall–Kier alpha value is -0.610. The summed E-state index contributed by atoms with van der Waals surface area (Å²) in [5, 5.41) is 9.07. The van der Waals surface area contributed by atoms with Gasteiger partial charge in [0.05, 0.1) is 0 Å². The number of hydrogen-bond acceptors (Lipinski definition) is 3. The Morgan fingerprint density at radius 1 is 1.69 bits per heavy atom. The van der Waals surface area contributed by atoms with Gasteiger partial charge < -0.3 is 15.7 Å². The zero-order chi connectivity index (χ0) is 12.3. The summed E-state index contributed by atoms with van der Waals surface area (Å²) in [7, 11) is 2.08. The molecule has 0 aromatic rings. The summed E-state index contributed by atoms with van der Waals surface area (Å²) in [4.78, 5) is 13.3. The van der Waals surface area contributed by atoms with E-state index in [1.807, 2.05) is 0 Å². The van der Waals surface area contributed by atoms with Crippen LogP contribution in [0.3, 0.4) is 0 Å². The molecule has 0 aromatic heterocycles. The van der Waals surface area contributed by atoms with Gasteiger partial charge in [0.1, 0.15) is 5.54 Å². The fraction of sp³-hybridized carbons (Fsp3) is 0.917. The Kier molecular flexibility index (Phi) is 4.33. The van der Waals surface area contributed by atoms with E-state index < -0.39 is 11.5 Å². The number of nitrogens with two attached hydrogens (primary N) is 1. The quantitative estimate of drug-likeness (QED) is 0.747. The number of nitrogens with zero attached hydrogens (tertiary/aromatic N) is 1. The third-order valence-corrected chi connectivity index (χ3v) is 3.93. The van der Waals surface area contributed by atoms with Crippen LogP contribution in [0, 0.1) is 0 Å². The lowest BCUT2D eigenvalue weighted by Crippen LogP contribution is -2.47. The van der Waals surface area contributed by atoms with Gasteiger partial charge in [0.2, 0.25) is 0 Å². The highest BCUT2D eigenvalue weighted by Crippen LogP contribution is 2.32. The molecule has 1 aliphatic carbocycles. The van der Waals surface area contributed by atoms with Crippen molar-refractivity contribution in [2.45, 2.75) is 63.6 Å². The lowest BCUT2D eigenvalue weighted by atomic mass is 9.99. The van der Waals surface area contributed by atoms with E-state index in [4.69, 9.17) is 10.8 Å².